The topological polar surface area (TPSA) is 63.1 Å². The van der Waals surface area contributed by atoms with Gasteiger partial charge in [0.15, 0.2) is 0 Å². The summed E-state index contributed by atoms with van der Waals surface area (Å²) in [7, 11) is 0. The summed E-state index contributed by atoms with van der Waals surface area (Å²) in [6.07, 6.45) is 5.37. The molecule has 0 saturated carbocycles. The molecule has 6 heteroatoms. The smallest absolute Gasteiger partial charge is 0.354 e. The molecule has 25 heavy (non-hydrogen) atoms. The van der Waals surface area contributed by atoms with E-state index in [1.54, 1.807) is 23.9 Å². The van der Waals surface area contributed by atoms with E-state index in [1.165, 1.54) is 22.7 Å². The predicted molar refractivity (Wildman–Crippen MR) is 96.2 cm³/mol. The fraction of sp³-hybridized carbons (Fsp3) is 0.105. The molecular weight excluding hydrogens is 515 g/mol. The monoisotopic (exact) mass is 532 g/mol. The molecule has 1 aromatic carbocycles. The predicted octanol–water partition coefficient (Wildman–Crippen LogP) is 4.36. The maximum Gasteiger partial charge on any atom is 0.354 e. The summed E-state index contributed by atoms with van der Waals surface area (Å²) >= 11 is 1.73. The third-order valence-corrected chi connectivity index (χ3v) is 3.90. The molecule has 0 spiro atoms. The van der Waals surface area contributed by atoms with Gasteiger partial charge in [-0.3, -0.25) is 0 Å². The van der Waals surface area contributed by atoms with Crippen LogP contribution in [0.15, 0.2) is 65.8 Å². The van der Waals surface area contributed by atoms with Crippen LogP contribution in [0.2, 0.25) is 0 Å². The van der Waals surface area contributed by atoms with Crippen molar-refractivity contribution in [3.8, 4) is 11.3 Å². The summed E-state index contributed by atoms with van der Waals surface area (Å²) in [5.41, 5.74) is 3.38. The minimum absolute atomic E-state index is 0. The van der Waals surface area contributed by atoms with E-state index >= 15 is 0 Å². The van der Waals surface area contributed by atoms with Crippen LogP contribution in [0.1, 0.15) is 16.1 Å². The number of benzene rings is 1. The maximum atomic E-state index is 10.1. The molecule has 0 unspecified atom stereocenters. The summed E-state index contributed by atoms with van der Waals surface area (Å²) < 4.78 is 0. The molecule has 0 atom stereocenters. The quantitative estimate of drug-likeness (QED) is 0.402. The minimum Gasteiger partial charge on any atom is -0.477 e. The zero-order chi connectivity index (χ0) is 17.4. The minimum atomic E-state index is -0.990. The number of aromatic carboxylic acids is 1. The molecule has 2 aromatic heterocycles. The molecule has 3 rings (SSSR count). The average molecular weight is 533 g/mol. The van der Waals surface area contributed by atoms with E-state index in [0.717, 1.165) is 11.3 Å². The number of thioether (sulfide) groups is 1. The maximum absolute atomic E-state index is 10.1. The fourth-order valence-corrected chi connectivity index (χ4v) is 2.39. The number of nitrogens with zero attached hydrogens (tertiary/aromatic N) is 2. The van der Waals surface area contributed by atoms with Crippen molar-refractivity contribution in [2.75, 3.05) is 6.26 Å². The first-order valence-electron chi connectivity index (χ1n) is 7.24. The van der Waals surface area contributed by atoms with Gasteiger partial charge in [0.25, 0.3) is 0 Å². The molecule has 0 aliphatic carbocycles. The Morgan fingerprint density at radius 2 is 1.92 bits per heavy atom. The second-order valence-corrected chi connectivity index (χ2v) is 5.71. The summed E-state index contributed by atoms with van der Waals surface area (Å²) in [5.74, 6) is -0.990. The van der Waals surface area contributed by atoms with Crippen LogP contribution in [0.25, 0.3) is 11.3 Å². The van der Waals surface area contributed by atoms with Crippen molar-refractivity contribution in [2.24, 2.45) is 0 Å². The summed E-state index contributed by atoms with van der Waals surface area (Å²) in [5, 5.41) is 8.32. The molecule has 0 amide bonds. The molecule has 0 aliphatic heterocycles. The number of rotatable bonds is 3. The fourth-order valence-electron chi connectivity index (χ4n) is 1.96. The number of aryl methyl sites for hydroxylation is 1. The second kappa shape index (κ2) is 10.8. The summed E-state index contributed by atoms with van der Waals surface area (Å²) in [6, 6.07) is 18.1. The van der Waals surface area contributed by atoms with Gasteiger partial charge in [0, 0.05) is 38.4 Å². The first-order chi connectivity index (χ1) is 11.6. The van der Waals surface area contributed by atoms with Crippen LogP contribution < -0.4 is 0 Å². The van der Waals surface area contributed by atoms with Crippen molar-refractivity contribution in [1.82, 2.24) is 9.97 Å². The van der Waals surface area contributed by atoms with Gasteiger partial charge < -0.3 is 10.1 Å². The number of carboxylic acid groups (broad SMARTS) is 1. The number of carboxylic acids is 1. The van der Waals surface area contributed by atoms with E-state index in [1.807, 2.05) is 24.4 Å². The van der Waals surface area contributed by atoms with Gasteiger partial charge in [-0.1, -0.05) is 19.1 Å². The van der Waals surface area contributed by atoms with Crippen molar-refractivity contribution in [3.05, 3.63) is 78.2 Å². The summed E-state index contributed by atoms with van der Waals surface area (Å²) in [4.78, 5) is 19.3. The van der Waals surface area contributed by atoms with Crippen molar-refractivity contribution in [1.29, 1.82) is 0 Å². The van der Waals surface area contributed by atoms with E-state index in [4.69, 9.17) is 5.11 Å². The van der Waals surface area contributed by atoms with E-state index in [0.29, 0.717) is 0 Å². The molecule has 3 aromatic rings. The first kappa shape index (κ1) is 21.1. The molecule has 1 N–H and O–H groups in total. The van der Waals surface area contributed by atoms with Gasteiger partial charge in [0.05, 0.1) is 0 Å². The molecule has 0 fully saturated rings. The largest absolute Gasteiger partial charge is 0.477 e. The van der Waals surface area contributed by atoms with E-state index in [2.05, 4.69) is 41.3 Å². The van der Waals surface area contributed by atoms with Crippen LogP contribution >= 0.6 is 11.8 Å². The normalized spacial score (nSPS) is 9.36. The number of aromatic nitrogens is 2. The van der Waals surface area contributed by atoms with Crippen LogP contribution in [0, 0.1) is 13.0 Å². The van der Waals surface area contributed by atoms with E-state index in [9.17, 15) is 4.79 Å². The third kappa shape index (κ3) is 6.44. The zero-order valence-corrected chi connectivity index (χ0v) is 16.8. The standard InChI is InChI=1S/C13H12NS.C6H5NO2.Pt/c1-10-5-3-4-6-12(10)13-9-11(15-2)7-8-14-13;8-6(9)5-3-1-2-4-7-5;/h3-5,7-9H,1-2H3;1-4H,(H,8,9);/q-1;;. The first-order valence-corrected chi connectivity index (χ1v) is 8.46. The zero-order valence-electron chi connectivity index (χ0n) is 13.7. The SMILES string of the molecule is CSc1ccnc(-c2[c-]cccc2C)c1.O=C(O)c1ccccn1.[Pt]. The van der Waals surface area contributed by atoms with Crippen LogP contribution in [-0.2, 0) is 21.1 Å². The van der Waals surface area contributed by atoms with E-state index in [-0.39, 0.29) is 26.8 Å². The third-order valence-electron chi connectivity index (χ3n) is 3.17. The van der Waals surface area contributed by atoms with Crippen LogP contribution in [0.4, 0.5) is 0 Å². The van der Waals surface area contributed by atoms with Crippen molar-refractivity contribution in [2.45, 2.75) is 11.8 Å². The van der Waals surface area contributed by atoms with Gasteiger partial charge in [0.2, 0.25) is 0 Å². The van der Waals surface area contributed by atoms with Crippen molar-refractivity contribution in [3.63, 3.8) is 0 Å². The molecule has 4 nitrogen and oxygen atoms in total. The van der Waals surface area contributed by atoms with E-state index < -0.39 is 5.97 Å². The molecule has 0 aliphatic rings. The molecule has 2 heterocycles. The molecular formula is C19H17N2O2PtS-. The van der Waals surface area contributed by atoms with Crippen LogP contribution in [0.3, 0.4) is 0 Å². The Kier molecular flexibility index (Phi) is 9.11. The molecule has 132 valence electrons. The van der Waals surface area contributed by atoms with Crippen molar-refractivity contribution < 1.29 is 31.0 Å². The Hall–Kier alpha value is -1.97. The number of carbonyl (C=O) groups is 1. The van der Waals surface area contributed by atoms with Gasteiger partial charge in [-0.05, 0) is 30.1 Å². The Bertz CT molecular complexity index is 813. The Balaban J connectivity index is 0.000000270. The number of hydrogen-bond donors (Lipinski definition) is 1. The average Bonchev–Trinajstić information content (AvgIpc) is 2.63. The van der Waals surface area contributed by atoms with Crippen LogP contribution in [-0.4, -0.2) is 27.3 Å². The number of hydrogen-bond acceptors (Lipinski definition) is 4. The van der Waals surface area contributed by atoms with Gasteiger partial charge in [-0.2, -0.15) is 0 Å². The Morgan fingerprint density at radius 3 is 2.48 bits per heavy atom. The molecule has 0 bridgehead atoms. The van der Waals surface area contributed by atoms with Gasteiger partial charge >= 0.3 is 5.97 Å². The van der Waals surface area contributed by atoms with Gasteiger partial charge in [-0.15, -0.1) is 47.2 Å². The Morgan fingerprint density at radius 1 is 1.12 bits per heavy atom. The molecule has 0 radical (unpaired) electrons. The van der Waals surface area contributed by atoms with Gasteiger partial charge in [0.1, 0.15) is 5.69 Å². The summed E-state index contributed by atoms with van der Waals surface area (Å²) in [6.45, 7) is 2.08. The van der Waals surface area contributed by atoms with Crippen molar-refractivity contribution >= 4 is 17.7 Å². The van der Waals surface area contributed by atoms with Crippen LogP contribution in [0.5, 0.6) is 0 Å². The molecule has 0 saturated heterocycles. The number of pyridine rings is 2. The van der Waals surface area contributed by atoms with Gasteiger partial charge in [-0.25, -0.2) is 9.78 Å². The second-order valence-electron chi connectivity index (χ2n) is 4.83. The Labute approximate surface area is 166 Å².